The molecular weight excluding hydrogens is 263 g/mol. The van der Waals surface area contributed by atoms with E-state index < -0.39 is 29.8 Å². The van der Waals surface area contributed by atoms with E-state index in [1.54, 1.807) is 20.8 Å². The molecule has 0 radical (unpaired) electrons. The molecule has 19 heavy (non-hydrogen) atoms. The van der Waals surface area contributed by atoms with Crippen LogP contribution in [0.5, 0.6) is 0 Å². The highest BCUT2D eigenvalue weighted by Gasteiger charge is 2.49. The molecule has 0 aromatic heterocycles. The number of halogens is 3. The normalized spacial score (nSPS) is 24.7. The van der Waals surface area contributed by atoms with Crippen LogP contribution in [0.1, 0.15) is 27.2 Å². The number of likely N-dealkylation sites (tertiary alicyclic amines) is 1. The van der Waals surface area contributed by atoms with Gasteiger partial charge in [-0.1, -0.05) is 0 Å². The monoisotopic (exact) mass is 283 g/mol. The molecule has 1 heterocycles. The van der Waals surface area contributed by atoms with Gasteiger partial charge in [0, 0.05) is 13.7 Å². The second kappa shape index (κ2) is 5.56. The zero-order valence-corrected chi connectivity index (χ0v) is 11.6. The molecule has 0 N–H and O–H groups in total. The molecule has 1 saturated heterocycles. The van der Waals surface area contributed by atoms with E-state index in [-0.39, 0.29) is 19.6 Å². The highest BCUT2D eigenvalue weighted by Crippen LogP contribution is 2.37. The van der Waals surface area contributed by atoms with Gasteiger partial charge >= 0.3 is 12.3 Å². The molecule has 0 unspecified atom stereocenters. The maximum absolute atomic E-state index is 12.7. The molecule has 0 aromatic carbocycles. The Bertz CT molecular complexity index is 325. The van der Waals surface area contributed by atoms with Crippen LogP contribution in [0.2, 0.25) is 0 Å². The highest BCUT2D eigenvalue weighted by atomic mass is 19.4. The molecule has 0 spiro atoms. The largest absolute Gasteiger partial charge is 0.444 e. The second-order valence-electron chi connectivity index (χ2n) is 5.72. The zero-order chi connectivity index (χ0) is 14.8. The SMILES string of the molecule is COC[C@@H]1C[C@H](C(F)(F)F)CN1C(=O)OC(C)(C)C. The van der Waals surface area contributed by atoms with Gasteiger partial charge in [0.1, 0.15) is 5.60 Å². The Hall–Kier alpha value is -0.980. The van der Waals surface area contributed by atoms with E-state index in [1.165, 1.54) is 7.11 Å². The Kier molecular flexibility index (Phi) is 4.71. The summed E-state index contributed by atoms with van der Waals surface area (Å²) in [7, 11) is 1.40. The Labute approximate surface area is 110 Å². The number of alkyl halides is 3. The van der Waals surface area contributed by atoms with Crippen LogP contribution >= 0.6 is 0 Å². The predicted octanol–water partition coefficient (Wildman–Crippen LogP) is 2.82. The van der Waals surface area contributed by atoms with Gasteiger partial charge < -0.3 is 14.4 Å². The van der Waals surface area contributed by atoms with Crippen LogP contribution in [0.15, 0.2) is 0 Å². The van der Waals surface area contributed by atoms with E-state index in [4.69, 9.17) is 9.47 Å². The Balaban J connectivity index is 2.76. The van der Waals surface area contributed by atoms with Crippen LogP contribution in [-0.4, -0.2) is 49.1 Å². The van der Waals surface area contributed by atoms with E-state index in [0.717, 1.165) is 4.90 Å². The van der Waals surface area contributed by atoms with Crippen molar-refractivity contribution in [3.8, 4) is 0 Å². The maximum Gasteiger partial charge on any atom is 0.410 e. The average molecular weight is 283 g/mol. The third-order valence-corrected chi connectivity index (χ3v) is 2.86. The number of nitrogens with zero attached hydrogens (tertiary/aromatic N) is 1. The van der Waals surface area contributed by atoms with Crippen molar-refractivity contribution < 1.29 is 27.4 Å². The predicted molar refractivity (Wildman–Crippen MR) is 62.8 cm³/mol. The van der Waals surface area contributed by atoms with E-state index in [0.29, 0.717) is 0 Å². The zero-order valence-electron chi connectivity index (χ0n) is 11.6. The fourth-order valence-corrected chi connectivity index (χ4v) is 2.05. The van der Waals surface area contributed by atoms with Gasteiger partial charge in [0.25, 0.3) is 0 Å². The van der Waals surface area contributed by atoms with Crippen LogP contribution in [0.25, 0.3) is 0 Å². The molecule has 1 amide bonds. The van der Waals surface area contributed by atoms with E-state index in [2.05, 4.69) is 0 Å². The van der Waals surface area contributed by atoms with Crippen LogP contribution in [0.3, 0.4) is 0 Å². The number of ether oxygens (including phenoxy) is 2. The molecule has 2 atom stereocenters. The minimum atomic E-state index is -4.30. The standard InChI is InChI=1S/C12H20F3NO3/c1-11(2,3)19-10(17)16-6-8(12(13,14)15)5-9(16)7-18-4/h8-9H,5-7H2,1-4H3/t8-,9-/m0/s1. The van der Waals surface area contributed by atoms with E-state index in [1.807, 2.05) is 0 Å². The van der Waals surface area contributed by atoms with Gasteiger partial charge in [-0.25, -0.2) is 4.79 Å². The van der Waals surface area contributed by atoms with Gasteiger partial charge in [-0.15, -0.1) is 0 Å². The van der Waals surface area contributed by atoms with E-state index in [9.17, 15) is 18.0 Å². The summed E-state index contributed by atoms with van der Waals surface area (Å²) in [4.78, 5) is 13.0. The minimum absolute atomic E-state index is 0.0752. The summed E-state index contributed by atoms with van der Waals surface area (Å²) in [5.41, 5.74) is -0.731. The number of methoxy groups -OCH3 is 1. The van der Waals surface area contributed by atoms with Crippen LogP contribution in [0.4, 0.5) is 18.0 Å². The first kappa shape index (κ1) is 16.1. The number of amides is 1. The maximum atomic E-state index is 12.7. The van der Waals surface area contributed by atoms with Gasteiger partial charge in [-0.2, -0.15) is 13.2 Å². The van der Waals surface area contributed by atoms with Crippen molar-refractivity contribution in [2.45, 2.75) is 45.0 Å². The van der Waals surface area contributed by atoms with Crippen molar-refractivity contribution in [3.63, 3.8) is 0 Å². The Morgan fingerprint density at radius 1 is 1.32 bits per heavy atom. The number of carbonyl (C=O) groups excluding carboxylic acids is 1. The Morgan fingerprint density at radius 3 is 2.32 bits per heavy atom. The molecule has 1 aliphatic rings. The van der Waals surface area contributed by atoms with E-state index >= 15 is 0 Å². The van der Waals surface area contributed by atoms with Gasteiger partial charge in [0.2, 0.25) is 0 Å². The lowest BCUT2D eigenvalue weighted by molar-refractivity contribution is -0.170. The van der Waals surface area contributed by atoms with Gasteiger partial charge in [0.05, 0.1) is 18.6 Å². The summed E-state index contributed by atoms with van der Waals surface area (Å²) in [5, 5.41) is 0. The van der Waals surface area contributed by atoms with Crippen molar-refractivity contribution in [2.75, 3.05) is 20.3 Å². The number of rotatable bonds is 2. The smallest absolute Gasteiger partial charge is 0.410 e. The molecule has 7 heteroatoms. The van der Waals surface area contributed by atoms with Crippen molar-refractivity contribution in [1.82, 2.24) is 4.90 Å². The number of hydrogen-bond donors (Lipinski definition) is 0. The average Bonchev–Trinajstić information content (AvgIpc) is 2.59. The summed E-state index contributed by atoms with van der Waals surface area (Å²) >= 11 is 0. The first-order valence-corrected chi connectivity index (χ1v) is 6.10. The van der Waals surface area contributed by atoms with Crippen LogP contribution < -0.4 is 0 Å². The summed E-state index contributed by atoms with van der Waals surface area (Å²) in [5.74, 6) is -1.51. The van der Waals surface area contributed by atoms with Crippen molar-refractivity contribution in [1.29, 1.82) is 0 Å². The van der Waals surface area contributed by atoms with Crippen molar-refractivity contribution >= 4 is 6.09 Å². The first-order valence-electron chi connectivity index (χ1n) is 6.10. The fraction of sp³-hybridized carbons (Fsp3) is 0.917. The van der Waals surface area contributed by atoms with Crippen LogP contribution in [0, 0.1) is 5.92 Å². The van der Waals surface area contributed by atoms with Crippen molar-refractivity contribution in [2.24, 2.45) is 5.92 Å². The van der Waals surface area contributed by atoms with Gasteiger partial charge in [-0.05, 0) is 27.2 Å². The number of carbonyl (C=O) groups is 1. The second-order valence-corrected chi connectivity index (χ2v) is 5.72. The lowest BCUT2D eigenvalue weighted by atomic mass is 10.1. The quantitative estimate of drug-likeness (QED) is 0.782. The topological polar surface area (TPSA) is 38.8 Å². The molecule has 0 bridgehead atoms. The molecule has 1 fully saturated rings. The van der Waals surface area contributed by atoms with Gasteiger partial charge in [0.15, 0.2) is 0 Å². The third kappa shape index (κ3) is 4.56. The summed E-state index contributed by atoms with van der Waals surface area (Å²) < 4.78 is 48.2. The highest BCUT2D eigenvalue weighted by molar-refractivity contribution is 5.69. The summed E-state index contributed by atoms with van der Waals surface area (Å²) in [6, 6.07) is -0.591. The minimum Gasteiger partial charge on any atom is -0.444 e. The third-order valence-electron chi connectivity index (χ3n) is 2.86. The molecule has 112 valence electrons. The molecule has 4 nitrogen and oxygen atoms in total. The molecule has 1 aliphatic heterocycles. The summed E-state index contributed by atoms with van der Waals surface area (Å²) in [6.07, 6.45) is -5.17. The van der Waals surface area contributed by atoms with Crippen LogP contribution in [-0.2, 0) is 9.47 Å². The molecule has 0 aromatic rings. The first-order chi connectivity index (χ1) is 8.54. The van der Waals surface area contributed by atoms with Crippen molar-refractivity contribution in [3.05, 3.63) is 0 Å². The molecule has 1 rings (SSSR count). The lowest BCUT2D eigenvalue weighted by Crippen LogP contribution is -2.42. The molecule has 0 aliphatic carbocycles. The summed E-state index contributed by atoms with van der Waals surface area (Å²) in [6.45, 7) is 4.73. The Morgan fingerprint density at radius 2 is 1.89 bits per heavy atom. The van der Waals surface area contributed by atoms with Gasteiger partial charge in [-0.3, -0.25) is 0 Å². The fourth-order valence-electron chi connectivity index (χ4n) is 2.05. The molecule has 0 saturated carbocycles. The molecular formula is C12H20F3NO3. The lowest BCUT2D eigenvalue weighted by Gasteiger charge is -2.28. The number of hydrogen-bond acceptors (Lipinski definition) is 3.